The summed E-state index contributed by atoms with van der Waals surface area (Å²) in [5.41, 5.74) is 10.8. The van der Waals surface area contributed by atoms with E-state index < -0.39 is 0 Å². The fraction of sp³-hybridized carbons (Fsp3) is 0.537. The largest absolute Gasteiger partial charge is 0.381 e. The molecule has 6 rings (SSSR count). The molecular weight excluding hydrogens is 612 g/mol. The second-order valence-electron chi connectivity index (χ2n) is 15.6. The Bertz CT molecular complexity index is 1700. The molecule has 0 bridgehead atoms. The highest BCUT2D eigenvalue weighted by atomic mass is 16.5. The number of benzene rings is 2. The van der Waals surface area contributed by atoms with Crippen LogP contribution in [-0.4, -0.2) is 70.5 Å². The number of dihydropyridines is 1. The van der Waals surface area contributed by atoms with Gasteiger partial charge in [0.1, 0.15) is 5.70 Å². The number of rotatable bonds is 8. The number of amides is 1. The Balaban J connectivity index is 1.42. The molecule has 2 saturated heterocycles. The molecule has 2 N–H and O–H groups in total. The van der Waals surface area contributed by atoms with Gasteiger partial charge in [-0.15, -0.1) is 0 Å². The molecule has 0 aromatic heterocycles. The van der Waals surface area contributed by atoms with Crippen molar-refractivity contribution in [2.45, 2.75) is 85.6 Å². The van der Waals surface area contributed by atoms with Crippen molar-refractivity contribution in [3.8, 4) is 11.1 Å². The Labute approximate surface area is 292 Å². The molecule has 8 heteroatoms. The summed E-state index contributed by atoms with van der Waals surface area (Å²) in [4.78, 5) is 31.0. The predicted octanol–water partition coefficient (Wildman–Crippen LogP) is 6.85. The molecular formula is C41H54N4O4. The van der Waals surface area contributed by atoms with Gasteiger partial charge in [0.05, 0.1) is 0 Å². The number of carbonyl (C=O) groups is 1. The summed E-state index contributed by atoms with van der Waals surface area (Å²) in [7, 11) is 0. The van der Waals surface area contributed by atoms with Crippen LogP contribution < -0.4 is 20.4 Å². The molecule has 1 amide bonds. The third-order valence-corrected chi connectivity index (χ3v) is 10.8. The molecule has 0 radical (unpaired) electrons. The van der Waals surface area contributed by atoms with E-state index in [9.17, 15) is 9.59 Å². The summed E-state index contributed by atoms with van der Waals surface area (Å²) in [6.45, 7) is 21.2. The number of anilines is 2. The van der Waals surface area contributed by atoms with Gasteiger partial charge in [0.15, 0.2) is 5.94 Å². The lowest BCUT2D eigenvalue weighted by Gasteiger charge is -2.37. The number of nitrogens with zero attached hydrogens (tertiary/aromatic N) is 2. The Morgan fingerprint density at radius 2 is 1.76 bits per heavy atom. The third kappa shape index (κ3) is 7.23. The number of carbonyl (C=O) groups excluding carboxylic acids is 2. The lowest BCUT2D eigenvalue weighted by Crippen LogP contribution is -2.41. The molecule has 4 aliphatic rings. The number of allylic oxidation sites excluding steroid dienone is 3. The maximum absolute atomic E-state index is 14.2. The number of hydrogen-bond donors (Lipinski definition) is 2. The zero-order valence-electron chi connectivity index (χ0n) is 30.6. The van der Waals surface area contributed by atoms with Gasteiger partial charge in [0.25, 0.3) is 5.91 Å². The van der Waals surface area contributed by atoms with Crippen LogP contribution in [0.3, 0.4) is 0 Å². The van der Waals surface area contributed by atoms with Crippen LogP contribution in [0, 0.1) is 12.3 Å². The van der Waals surface area contributed by atoms with Crippen molar-refractivity contribution in [3.05, 3.63) is 75.6 Å². The molecule has 49 heavy (non-hydrogen) atoms. The smallest absolute Gasteiger partial charge is 0.251 e. The van der Waals surface area contributed by atoms with Crippen molar-refractivity contribution in [2.75, 3.05) is 62.4 Å². The minimum Gasteiger partial charge on any atom is -0.381 e. The highest BCUT2D eigenvalue weighted by Crippen LogP contribution is 2.49. The van der Waals surface area contributed by atoms with Crippen molar-refractivity contribution in [3.63, 3.8) is 0 Å². The van der Waals surface area contributed by atoms with Gasteiger partial charge in [-0.3, -0.25) is 4.79 Å². The van der Waals surface area contributed by atoms with E-state index in [1.54, 1.807) is 0 Å². The number of ether oxygens (including phenoxy) is 2. The third-order valence-electron chi connectivity index (χ3n) is 10.8. The van der Waals surface area contributed by atoms with Crippen molar-refractivity contribution in [2.24, 2.45) is 5.41 Å². The normalized spacial score (nSPS) is 19.4. The standard InChI is InChI=1S/C41H54N4O4/c1-8-45(32-11-15-48-16-12-32)37-22-31(20-33(29(37)4)39(47)42-23-34-27(2)19-28(3)43-36(34)24-46)30-9-10-35-38(21-30)44(25-40(5,6)7)26-41(35)13-17-49-18-14-41/h9-10,19-22,32,43H,8,11-18,23,25-26H2,1-7H3,(H,42,47). The SMILES string of the molecule is CCN(c1cc(-c2ccc3c(c2)N(CC(C)(C)C)CC32CCOCC2)cc(C(=O)NCC2=C(C)C=C(C)NC2=C=O)c1C)C1CCOCC1. The molecule has 0 aliphatic carbocycles. The van der Waals surface area contributed by atoms with E-state index in [1.165, 1.54) is 11.3 Å². The van der Waals surface area contributed by atoms with Gasteiger partial charge in [-0.05, 0) is 111 Å². The fourth-order valence-corrected chi connectivity index (χ4v) is 8.38. The molecule has 0 saturated carbocycles. The van der Waals surface area contributed by atoms with Crippen molar-refractivity contribution in [1.29, 1.82) is 0 Å². The monoisotopic (exact) mass is 666 g/mol. The maximum atomic E-state index is 14.2. The Morgan fingerprint density at radius 1 is 1.04 bits per heavy atom. The van der Waals surface area contributed by atoms with Crippen molar-refractivity contribution >= 4 is 23.2 Å². The van der Waals surface area contributed by atoms with Gasteiger partial charge in [-0.2, -0.15) is 0 Å². The van der Waals surface area contributed by atoms with Gasteiger partial charge >= 0.3 is 0 Å². The summed E-state index contributed by atoms with van der Waals surface area (Å²) in [6, 6.07) is 11.7. The Morgan fingerprint density at radius 3 is 2.43 bits per heavy atom. The molecule has 262 valence electrons. The van der Waals surface area contributed by atoms with Crippen LogP contribution in [-0.2, 0) is 19.7 Å². The van der Waals surface area contributed by atoms with Gasteiger partial charge in [0.2, 0.25) is 0 Å². The molecule has 0 atom stereocenters. The first-order valence-electron chi connectivity index (χ1n) is 18.1. The van der Waals surface area contributed by atoms with Crippen molar-refractivity contribution in [1.82, 2.24) is 10.6 Å². The average Bonchev–Trinajstić information content (AvgIpc) is 3.35. The van der Waals surface area contributed by atoms with Crippen LogP contribution in [0.15, 0.2) is 58.9 Å². The lowest BCUT2D eigenvalue weighted by molar-refractivity contribution is 0.0550. The topological polar surface area (TPSA) is 83.1 Å². The first-order valence-corrected chi connectivity index (χ1v) is 18.1. The van der Waals surface area contributed by atoms with E-state index in [4.69, 9.17) is 9.47 Å². The van der Waals surface area contributed by atoms with E-state index in [1.807, 2.05) is 25.9 Å². The molecule has 2 fully saturated rings. The van der Waals surface area contributed by atoms with Gasteiger partial charge < -0.3 is 29.9 Å². The van der Waals surface area contributed by atoms with Gasteiger partial charge in [0, 0.05) is 92.3 Å². The van der Waals surface area contributed by atoms with Crippen LogP contribution in [0.2, 0.25) is 0 Å². The molecule has 4 heterocycles. The second-order valence-corrected chi connectivity index (χ2v) is 15.6. The molecule has 2 aromatic carbocycles. The Hall–Kier alpha value is -3.84. The van der Waals surface area contributed by atoms with Gasteiger partial charge in [-0.25, -0.2) is 4.79 Å². The van der Waals surface area contributed by atoms with Crippen LogP contribution >= 0.6 is 0 Å². The van der Waals surface area contributed by atoms with Crippen molar-refractivity contribution < 1.29 is 19.1 Å². The summed E-state index contributed by atoms with van der Waals surface area (Å²) in [5, 5.41) is 6.25. The molecule has 4 aliphatic heterocycles. The summed E-state index contributed by atoms with van der Waals surface area (Å²) < 4.78 is 11.6. The summed E-state index contributed by atoms with van der Waals surface area (Å²) in [6.07, 6.45) is 5.98. The highest BCUT2D eigenvalue weighted by molar-refractivity contribution is 5.99. The maximum Gasteiger partial charge on any atom is 0.251 e. The van der Waals surface area contributed by atoms with Crippen LogP contribution in [0.1, 0.15) is 88.7 Å². The zero-order valence-corrected chi connectivity index (χ0v) is 30.6. The minimum atomic E-state index is -0.155. The molecule has 2 aromatic rings. The zero-order chi connectivity index (χ0) is 34.9. The Kier molecular flexibility index (Phi) is 10.1. The van der Waals surface area contributed by atoms with Crippen LogP contribution in [0.5, 0.6) is 0 Å². The summed E-state index contributed by atoms with van der Waals surface area (Å²) >= 11 is 0. The summed E-state index contributed by atoms with van der Waals surface area (Å²) in [5.74, 6) is 1.87. The second kappa shape index (κ2) is 14.2. The first kappa shape index (κ1) is 35.0. The van der Waals surface area contributed by atoms with E-state index >= 15 is 0 Å². The van der Waals surface area contributed by atoms with Gasteiger partial charge in [-0.1, -0.05) is 32.9 Å². The highest BCUT2D eigenvalue weighted by Gasteiger charge is 2.44. The first-order chi connectivity index (χ1) is 23.4. The number of hydrogen-bond acceptors (Lipinski definition) is 7. The molecule has 0 unspecified atom stereocenters. The number of fused-ring (bicyclic) bond motifs is 2. The minimum absolute atomic E-state index is 0.117. The van der Waals surface area contributed by atoms with Crippen LogP contribution in [0.25, 0.3) is 11.1 Å². The molecule has 8 nitrogen and oxygen atoms in total. The van der Waals surface area contributed by atoms with E-state index in [0.717, 1.165) is 111 Å². The van der Waals surface area contributed by atoms with E-state index in [2.05, 4.69) is 85.4 Å². The lowest BCUT2D eigenvalue weighted by atomic mass is 9.75. The molecule has 1 spiro atoms. The predicted molar refractivity (Wildman–Crippen MR) is 198 cm³/mol. The van der Waals surface area contributed by atoms with E-state index in [0.29, 0.717) is 17.3 Å². The average molecular weight is 667 g/mol. The van der Waals surface area contributed by atoms with Crippen LogP contribution in [0.4, 0.5) is 11.4 Å². The van der Waals surface area contributed by atoms with E-state index in [-0.39, 0.29) is 23.3 Å². The quantitative estimate of drug-likeness (QED) is 0.298. The number of nitrogens with one attached hydrogen (secondary N) is 2. The fourth-order valence-electron chi connectivity index (χ4n) is 8.38.